The average Bonchev–Trinajstić information content (AvgIpc) is 3.06. The number of nitrogens with zero attached hydrogens (tertiary/aromatic N) is 1. The molecule has 0 amide bonds. The first-order chi connectivity index (χ1) is 8.51. The predicted molar refractivity (Wildman–Crippen MR) is 68.9 cm³/mol. The Labute approximate surface area is 110 Å². The zero-order valence-corrected chi connectivity index (χ0v) is 11.0. The van der Waals surface area contributed by atoms with E-state index in [0.717, 1.165) is 23.5 Å². The Bertz CT molecular complexity index is 466. The maximum absolute atomic E-state index is 11.1. The first-order valence-corrected chi connectivity index (χ1v) is 6.81. The Morgan fingerprint density at radius 2 is 2.17 bits per heavy atom. The van der Waals surface area contributed by atoms with Crippen LogP contribution in [-0.4, -0.2) is 27.6 Å². The number of rotatable bonds is 6. The van der Waals surface area contributed by atoms with Crippen molar-refractivity contribution in [3.63, 3.8) is 0 Å². The van der Waals surface area contributed by atoms with Gasteiger partial charge in [0, 0.05) is 23.8 Å². The number of thioether (sulfide) groups is 1. The summed E-state index contributed by atoms with van der Waals surface area (Å²) in [6.45, 7) is 1.49. The zero-order valence-electron chi connectivity index (χ0n) is 10.2. The number of ketones is 1. The molecule has 0 aliphatic heterocycles. The monoisotopic (exact) mass is 265 g/mol. The van der Waals surface area contributed by atoms with Crippen LogP contribution in [0.1, 0.15) is 36.7 Å². The Balaban J connectivity index is 1.90. The van der Waals surface area contributed by atoms with E-state index in [4.69, 9.17) is 5.11 Å². The number of aliphatic carboxylic acids is 1. The summed E-state index contributed by atoms with van der Waals surface area (Å²) < 4.78 is 0. The maximum Gasteiger partial charge on any atom is 0.303 e. The molecule has 0 radical (unpaired) electrons. The van der Waals surface area contributed by atoms with Crippen molar-refractivity contribution in [1.82, 2.24) is 4.98 Å². The molecule has 1 saturated carbocycles. The lowest BCUT2D eigenvalue weighted by atomic mass is 10.1. The summed E-state index contributed by atoms with van der Waals surface area (Å²) in [6, 6.07) is 3.58. The van der Waals surface area contributed by atoms with Crippen LogP contribution in [0.4, 0.5) is 0 Å². The van der Waals surface area contributed by atoms with Crippen LogP contribution >= 0.6 is 11.8 Å². The van der Waals surface area contributed by atoms with Crippen molar-refractivity contribution in [3.8, 4) is 0 Å². The lowest BCUT2D eigenvalue weighted by Gasteiger charge is -2.11. The minimum Gasteiger partial charge on any atom is -0.481 e. The molecule has 1 aliphatic rings. The van der Waals surface area contributed by atoms with Gasteiger partial charge in [-0.2, -0.15) is 0 Å². The van der Waals surface area contributed by atoms with Gasteiger partial charge < -0.3 is 5.11 Å². The fourth-order valence-corrected chi connectivity index (χ4v) is 2.94. The number of hydrogen-bond acceptors (Lipinski definition) is 4. The molecule has 1 fully saturated rings. The quantitative estimate of drug-likeness (QED) is 0.632. The molecule has 1 aliphatic carbocycles. The third-order valence-electron chi connectivity index (χ3n) is 3.13. The number of aromatic nitrogens is 1. The molecule has 0 saturated heterocycles. The van der Waals surface area contributed by atoms with E-state index >= 15 is 0 Å². The summed E-state index contributed by atoms with van der Waals surface area (Å²) in [7, 11) is 0. The Kier molecular flexibility index (Phi) is 3.71. The van der Waals surface area contributed by atoms with Crippen molar-refractivity contribution in [3.05, 3.63) is 24.0 Å². The van der Waals surface area contributed by atoms with Crippen LogP contribution in [0, 0.1) is 5.41 Å². The van der Waals surface area contributed by atoms with Gasteiger partial charge in [-0.3, -0.25) is 14.6 Å². The summed E-state index contributed by atoms with van der Waals surface area (Å²) in [5, 5.41) is 8.82. The van der Waals surface area contributed by atoms with Crippen LogP contribution in [0.2, 0.25) is 0 Å². The normalized spacial score (nSPS) is 16.3. The zero-order chi connectivity index (χ0) is 13.2. The van der Waals surface area contributed by atoms with Gasteiger partial charge in [0.05, 0.1) is 6.42 Å². The highest BCUT2D eigenvalue weighted by Gasteiger charge is 2.44. The number of hydrogen-bond donors (Lipinski definition) is 1. The number of pyridine rings is 1. The minimum absolute atomic E-state index is 0.0181. The highest BCUT2D eigenvalue weighted by Crippen LogP contribution is 2.51. The maximum atomic E-state index is 11.1. The Morgan fingerprint density at radius 3 is 2.61 bits per heavy atom. The topological polar surface area (TPSA) is 67.3 Å². The molecule has 0 atom stereocenters. The number of carboxylic acids is 1. The van der Waals surface area contributed by atoms with Crippen LogP contribution in [-0.2, 0) is 4.79 Å². The molecule has 5 heteroatoms. The second-order valence-corrected chi connectivity index (χ2v) is 5.84. The summed E-state index contributed by atoms with van der Waals surface area (Å²) in [6.07, 6.45) is 3.91. The van der Waals surface area contributed by atoms with Gasteiger partial charge in [-0.25, -0.2) is 0 Å². The fraction of sp³-hybridized carbons (Fsp3) is 0.462. The summed E-state index contributed by atoms with van der Waals surface area (Å²) in [4.78, 5) is 26.9. The van der Waals surface area contributed by atoms with Gasteiger partial charge in [0.25, 0.3) is 0 Å². The highest BCUT2D eigenvalue weighted by atomic mass is 32.2. The Hall–Kier alpha value is -1.36. The summed E-state index contributed by atoms with van der Waals surface area (Å²) >= 11 is 1.62. The van der Waals surface area contributed by atoms with Crippen LogP contribution in [0.25, 0.3) is 0 Å². The highest BCUT2D eigenvalue weighted by molar-refractivity contribution is 7.99. The molecule has 0 unspecified atom stereocenters. The van der Waals surface area contributed by atoms with Crippen molar-refractivity contribution in [2.75, 3.05) is 5.75 Å². The summed E-state index contributed by atoms with van der Waals surface area (Å²) in [5.41, 5.74) is 0.446. The molecule has 1 aromatic heterocycles. The van der Waals surface area contributed by atoms with Gasteiger partial charge in [-0.15, -0.1) is 11.8 Å². The van der Waals surface area contributed by atoms with Crippen molar-refractivity contribution < 1.29 is 14.7 Å². The van der Waals surface area contributed by atoms with E-state index < -0.39 is 5.97 Å². The minimum atomic E-state index is -0.724. The number of Topliss-reactive ketones (excluding diaryl/α,β-unsaturated/α-hetero) is 1. The van der Waals surface area contributed by atoms with E-state index in [-0.39, 0.29) is 17.6 Å². The molecule has 1 N–H and O–H groups in total. The van der Waals surface area contributed by atoms with Crippen molar-refractivity contribution >= 4 is 23.5 Å². The van der Waals surface area contributed by atoms with Crippen LogP contribution < -0.4 is 0 Å². The fourth-order valence-electron chi connectivity index (χ4n) is 1.78. The molecule has 4 nitrogen and oxygen atoms in total. The molecule has 0 spiro atoms. The van der Waals surface area contributed by atoms with E-state index in [1.807, 2.05) is 6.07 Å². The summed E-state index contributed by atoms with van der Waals surface area (Å²) in [5.74, 6) is 0.0367. The number of carboxylic acid groups (broad SMARTS) is 1. The molecule has 96 valence electrons. The van der Waals surface area contributed by atoms with Gasteiger partial charge in [0.1, 0.15) is 5.69 Å². The SMILES string of the molecule is CC(=O)c1ccc(SCC2(CC(=O)O)CC2)cn1. The van der Waals surface area contributed by atoms with E-state index in [0.29, 0.717) is 5.69 Å². The molecule has 18 heavy (non-hydrogen) atoms. The molecular weight excluding hydrogens is 250 g/mol. The van der Waals surface area contributed by atoms with Crippen molar-refractivity contribution in [2.24, 2.45) is 5.41 Å². The second-order valence-electron chi connectivity index (χ2n) is 4.79. The van der Waals surface area contributed by atoms with Gasteiger partial charge in [-0.05, 0) is 30.4 Å². The number of carbonyl (C=O) groups excluding carboxylic acids is 1. The lowest BCUT2D eigenvalue weighted by molar-refractivity contribution is -0.138. The van der Waals surface area contributed by atoms with Gasteiger partial charge in [0.2, 0.25) is 0 Å². The molecular formula is C13H15NO3S. The number of carbonyl (C=O) groups is 2. The van der Waals surface area contributed by atoms with E-state index in [1.165, 1.54) is 6.92 Å². The van der Waals surface area contributed by atoms with Gasteiger partial charge in [0.15, 0.2) is 5.78 Å². The molecule has 2 rings (SSSR count). The second kappa shape index (κ2) is 5.10. The van der Waals surface area contributed by atoms with E-state index in [2.05, 4.69) is 4.98 Å². The standard InChI is InChI=1S/C13H15NO3S/c1-9(15)11-3-2-10(7-14-11)18-8-13(4-5-13)6-12(16)17/h2-3,7H,4-6,8H2,1H3,(H,16,17). The third kappa shape index (κ3) is 3.32. The molecule has 0 aromatic carbocycles. The van der Waals surface area contributed by atoms with Gasteiger partial charge in [-0.1, -0.05) is 0 Å². The van der Waals surface area contributed by atoms with Crippen molar-refractivity contribution in [2.45, 2.75) is 31.1 Å². The Morgan fingerprint density at radius 1 is 1.44 bits per heavy atom. The first kappa shape index (κ1) is 13.1. The van der Waals surface area contributed by atoms with E-state index in [1.54, 1.807) is 24.0 Å². The van der Waals surface area contributed by atoms with Crippen LogP contribution in [0.5, 0.6) is 0 Å². The molecule has 1 heterocycles. The first-order valence-electron chi connectivity index (χ1n) is 5.82. The largest absolute Gasteiger partial charge is 0.481 e. The lowest BCUT2D eigenvalue weighted by Crippen LogP contribution is -2.10. The average molecular weight is 265 g/mol. The molecule has 0 bridgehead atoms. The third-order valence-corrected chi connectivity index (χ3v) is 4.46. The molecule has 1 aromatic rings. The smallest absolute Gasteiger partial charge is 0.303 e. The van der Waals surface area contributed by atoms with E-state index in [9.17, 15) is 9.59 Å². The van der Waals surface area contributed by atoms with Crippen LogP contribution in [0.3, 0.4) is 0 Å². The van der Waals surface area contributed by atoms with Crippen LogP contribution in [0.15, 0.2) is 23.2 Å². The van der Waals surface area contributed by atoms with Gasteiger partial charge >= 0.3 is 5.97 Å². The predicted octanol–water partition coefficient (Wildman–Crippen LogP) is 2.63. The van der Waals surface area contributed by atoms with Crippen molar-refractivity contribution in [1.29, 1.82) is 0 Å².